The Morgan fingerprint density at radius 1 is 1.10 bits per heavy atom. The zero-order valence-electron chi connectivity index (χ0n) is 11.5. The summed E-state index contributed by atoms with van der Waals surface area (Å²) in [5.74, 6) is 0.0479. The first-order chi connectivity index (χ1) is 10.3. The largest absolute Gasteiger partial charge is 0.370 e. The number of rotatable bonds is 2. The average Bonchev–Trinajstić information content (AvgIpc) is 2.56. The second-order valence-electron chi connectivity index (χ2n) is 5.00. The number of hydrogen-bond acceptors (Lipinski definition) is 2. The van der Waals surface area contributed by atoms with Crippen molar-refractivity contribution in [3.05, 3.63) is 70.2 Å². The molecule has 1 aliphatic heterocycles. The highest BCUT2D eigenvalue weighted by atomic mass is 79.9. The van der Waals surface area contributed by atoms with Crippen molar-refractivity contribution in [3.63, 3.8) is 0 Å². The van der Waals surface area contributed by atoms with Crippen LogP contribution in [0.1, 0.15) is 22.0 Å². The second kappa shape index (κ2) is 6.41. The molecule has 0 spiro atoms. The predicted molar refractivity (Wildman–Crippen MR) is 85.2 cm³/mol. The molecule has 1 aliphatic rings. The van der Waals surface area contributed by atoms with Crippen LogP contribution in [0.25, 0.3) is 0 Å². The maximum absolute atomic E-state index is 12.6. The summed E-state index contributed by atoms with van der Waals surface area (Å²) in [6.45, 7) is 1.78. The Hall–Kier alpha value is -1.65. The maximum atomic E-state index is 12.6. The summed E-state index contributed by atoms with van der Waals surface area (Å²) in [5.41, 5.74) is 1.81. The number of morpholine rings is 1. The molecular formula is C17H16BrNO2. The number of carbonyl (C=O) groups is 1. The number of amides is 1. The van der Waals surface area contributed by atoms with Crippen LogP contribution >= 0.6 is 15.9 Å². The molecule has 1 heterocycles. The van der Waals surface area contributed by atoms with Gasteiger partial charge in [-0.3, -0.25) is 4.79 Å². The summed E-state index contributed by atoms with van der Waals surface area (Å²) in [7, 11) is 0. The van der Waals surface area contributed by atoms with Crippen LogP contribution in [0.4, 0.5) is 0 Å². The van der Waals surface area contributed by atoms with Gasteiger partial charge >= 0.3 is 0 Å². The van der Waals surface area contributed by atoms with Crippen LogP contribution in [-0.4, -0.2) is 30.5 Å². The van der Waals surface area contributed by atoms with Gasteiger partial charge in [-0.15, -0.1) is 0 Å². The fourth-order valence-corrected chi connectivity index (χ4v) is 2.96. The smallest absolute Gasteiger partial charge is 0.255 e. The lowest BCUT2D eigenvalue weighted by Crippen LogP contribution is -2.42. The number of nitrogens with zero attached hydrogens (tertiary/aromatic N) is 1. The average molecular weight is 346 g/mol. The van der Waals surface area contributed by atoms with E-state index in [9.17, 15) is 4.79 Å². The lowest BCUT2D eigenvalue weighted by molar-refractivity contribution is -0.0228. The van der Waals surface area contributed by atoms with Crippen LogP contribution in [-0.2, 0) is 4.74 Å². The van der Waals surface area contributed by atoms with Gasteiger partial charge in [0.15, 0.2) is 0 Å². The molecule has 0 bridgehead atoms. The number of halogens is 1. The Kier molecular flexibility index (Phi) is 4.36. The summed E-state index contributed by atoms with van der Waals surface area (Å²) < 4.78 is 6.64. The van der Waals surface area contributed by atoms with E-state index in [-0.39, 0.29) is 12.0 Å². The van der Waals surface area contributed by atoms with Gasteiger partial charge in [0.05, 0.1) is 18.7 Å². The molecule has 3 rings (SSSR count). The van der Waals surface area contributed by atoms with E-state index < -0.39 is 0 Å². The summed E-state index contributed by atoms with van der Waals surface area (Å²) in [6, 6.07) is 17.6. The number of carbonyl (C=O) groups excluding carboxylic acids is 1. The minimum Gasteiger partial charge on any atom is -0.370 e. The monoisotopic (exact) mass is 345 g/mol. The molecule has 0 radical (unpaired) electrons. The molecule has 1 fully saturated rings. The van der Waals surface area contributed by atoms with Crippen LogP contribution in [0, 0.1) is 0 Å². The van der Waals surface area contributed by atoms with Gasteiger partial charge in [-0.1, -0.05) is 42.5 Å². The van der Waals surface area contributed by atoms with Crippen molar-refractivity contribution in [1.82, 2.24) is 4.90 Å². The second-order valence-corrected chi connectivity index (χ2v) is 5.86. The van der Waals surface area contributed by atoms with E-state index in [0.29, 0.717) is 25.3 Å². The third-order valence-corrected chi connectivity index (χ3v) is 4.32. The SMILES string of the molecule is O=C(c1ccccc1Br)N1CCOC(c2ccccc2)C1. The van der Waals surface area contributed by atoms with Gasteiger partial charge in [-0.2, -0.15) is 0 Å². The Morgan fingerprint density at radius 3 is 2.57 bits per heavy atom. The standard InChI is InChI=1S/C17H16BrNO2/c18-15-9-5-4-8-14(15)17(20)19-10-11-21-16(12-19)13-6-2-1-3-7-13/h1-9,16H,10-12H2. The molecule has 108 valence electrons. The Balaban J connectivity index is 1.77. The van der Waals surface area contributed by atoms with Gasteiger partial charge in [0.2, 0.25) is 0 Å². The van der Waals surface area contributed by atoms with Crippen LogP contribution in [0.15, 0.2) is 59.1 Å². The van der Waals surface area contributed by atoms with Crippen LogP contribution < -0.4 is 0 Å². The van der Waals surface area contributed by atoms with Gasteiger partial charge in [0.25, 0.3) is 5.91 Å². The van der Waals surface area contributed by atoms with Crippen molar-refractivity contribution in [2.45, 2.75) is 6.10 Å². The molecule has 2 aromatic carbocycles. The number of benzene rings is 2. The first-order valence-corrected chi connectivity index (χ1v) is 7.75. The summed E-state index contributed by atoms with van der Waals surface area (Å²) in [4.78, 5) is 14.5. The van der Waals surface area contributed by atoms with E-state index in [1.54, 1.807) is 0 Å². The molecule has 2 aromatic rings. The zero-order chi connectivity index (χ0) is 14.7. The van der Waals surface area contributed by atoms with E-state index in [1.807, 2.05) is 59.5 Å². The minimum absolute atomic E-state index is 0.0479. The highest BCUT2D eigenvalue weighted by Crippen LogP contribution is 2.25. The summed E-state index contributed by atoms with van der Waals surface area (Å²) >= 11 is 3.44. The van der Waals surface area contributed by atoms with E-state index in [1.165, 1.54) is 0 Å². The van der Waals surface area contributed by atoms with Gasteiger partial charge in [0.1, 0.15) is 6.10 Å². The van der Waals surface area contributed by atoms with Crippen LogP contribution in [0.3, 0.4) is 0 Å². The number of hydrogen-bond donors (Lipinski definition) is 0. The molecule has 1 atom stereocenters. The van der Waals surface area contributed by atoms with Crippen molar-refractivity contribution in [2.24, 2.45) is 0 Å². The molecular weight excluding hydrogens is 330 g/mol. The van der Waals surface area contributed by atoms with Crippen molar-refractivity contribution in [3.8, 4) is 0 Å². The third-order valence-electron chi connectivity index (χ3n) is 3.63. The topological polar surface area (TPSA) is 29.5 Å². The zero-order valence-corrected chi connectivity index (χ0v) is 13.1. The fraction of sp³-hybridized carbons (Fsp3) is 0.235. The molecule has 3 nitrogen and oxygen atoms in total. The molecule has 0 saturated carbocycles. The van der Waals surface area contributed by atoms with Crippen molar-refractivity contribution in [1.29, 1.82) is 0 Å². The van der Waals surface area contributed by atoms with E-state index in [4.69, 9.17) is 4.74 Å². The van der Waals surface area contributed by atoms with E-state index in [0.717, 1.165) is 10.0 Å². The minimum atomic E-state index is -0.0496. The van der Waals surface area contributed by atoms with Gasteiger partial charge in [-0.05, 0) is 33.6 Å². The van der Waals surface area contributed by atoms with E-state index >= 15 is 0 Å². The normalized spacial score (nSPS) is 18.5. The summed E-state index contributed by atoms with van der Waals surface area (Å²) in [6.07, 6.45) is -0.0496. The van der Waals surface area contributed by atoms with Gasteiger partial charge in [0, 0.05) is 11.0 Å². The first kappa shape index (κ1) is 14.3. The van der Waals surface area contributed by atoms with Crippen LogP contribution in [0.5, 0.6) is 0 Å². The molecule has 0 aromatic heterocycles. The predicted octanol–water partition coefficient (Wildman–Crippen LogP) is 3.66. The van der Waals surface area contributed by atoms with Crippen molar-refractivity contribution >= 4 is 21.8 Å². The quantitative estimate of drug-likeness (QED) is 0.831. The highest BCUT2D eigenvalue weighted by molar-refractivity contribution is 9.10. The Labute approximate surface area is 132 Å². The van der Waals surface area contributed by atoms with Gasteiger partial charge in [-0.25, -0.2) is 0 Å². The van der Waals surface area contributed by atoms with Crippen molar-refractivity contribution < 1.29 is 9.53 Å². The number of ether oxygens (including phenoxy) is 1. The summed E-state index contributed by atoms with van der Waals surface area (Å²) in [5, 5.41) is 0. The van der Waals surface area contributed by atoms with Gasteiger partial charge < -0.3 is 9.64 Å². The lowest BCUT2D eigenvalue weighted by atomic mass is 10.1. The molecule has 4 heteroatoms. The molecule has 1 saturated heterocycles. The molecule has 0 aliphatic carbocycles. The first-order valence-electron chi connectivity index (χ1n) is 6.96. The molecule has 0 N–H and O–H groups in total. The highest BCUT2D eigenvalue weighted by Gasteiger charge is 2.26. The van der Waals surface area contributed by atoms with Crippen molar-refractivity contribution in [2.75, 3.05) is 19.7 Å². The molecule has 1 amide bonds. The molecule has 1 unspecified atom stereocenters. The Bertz CT molecular complexity index is 630. The lowest BCUT2D eigenvalue weighted by Gasteiger charge is -2.33. The van der Waals surface area contributed by atoms with E-state index in [2.05, 4.69) is 15.9 Å². The maximum Gasteiger partial charge on any atom is 0.255 e. The fourth-order valence-electron chi connectivity index (χ4n) is 2.51. The third kappa shape index (κ3) is 3.17. The Morgan fingerprint density at radius 2 is 1.81 bits per heavy atom. The molecule has 21 heavy (non-hydrogen) atoms. The van der Waals surface area contributed by atoms with Crippen LogP contribution in [0.2, 0.25) is 0 Å².